The maximum Gasteiger partial charge on any atom is 0.248 e. The van der Waals surface area contributed by atoms with Crippen molar-refractivity contribution in [3.8, 4) is 0 Å². The molecule has 2 amide bonds. The summed E-state index contributed by atoms with van der Waals surface area (Å²) < 4.78 is 0. The third-order valence-corrected chi connectivity index (χ3v) is 7.98. The molecule has 0 radical (unpaired) electrons. The van der Waals surface area contributed by atoms with Gasteiger partial charge >= 0.3 is 0 Å². The molecule has 2 unspecified atom stereocenters. The lowest BCUT2D eigenvalue weighted by atomic mass is 9.67. The minimum Gasteiger partial charge on any atom is -0.369 e. The second kappa shape index (κ2) is 8.12. The van der Waals surface area contributed by atoms with Crippen LogP contribution in [0.1, 0.15) is 53.7 Å². The second-order valence-electron chi connectivity index (χ2n) is 9.83. The molecular weight excluding hydrogens is 386 g/mol. The van der Waals surface area contributed by atoms with E-state index in [0.717, 1.165) is 45.3 Å². The zero-order valence-corrected chi connectivity index (χ0v) is 18.6. The molecule has 164 valence electrons. The summed E-state index contributed by atoms with van der Waals surface area (Å²) in [5.41, 5.74) is 15.2. The molecule has 2 aromatic rings. The summed E-state index contributed by atoms with van der Waals surface area (Å²) in [5, 5.41) is 0. The van der Waals surface area contributed by atoms with Crippen molar-refractivity contribution in [3.63, 3.8) is 0 Å². The number of hydrogen-bond acceptors (Lipinski definition) is 3. The molecule has 5 nitrogen and oxygen atoms in total. The number of carbonyl (C=O) groups excluding carboxylic acids is 2. The van der Waals surface area contributed by atoms with Crippen molar-refractivity contribution < 1.29 is 9.59 Å². The number of nitrogens with two attached hydrogens (primary N) is 2. The molecule has 1 fully saturated rings. The number of amides is 2. The standard InChI is InChI=1S/C26H33N3O2/c1-18-17-29(12-10-25(18,2)22-9-5-8-19(14-22)23(27)30)13-11-26(24(28)31)15-20-6-3-4-7-21(20)16-26/h3-9,14,18H,10-13,15-17H2,1-2H3,(H2,27,30)(H2,28,31). The van der Waals surface area contributed by atoms with Crippen LogP contribution in [0.2, 0.25) is 0 Å². The molecule has 4 N–H and O–H groups in total. The highest BCUT2D eigenvalue weighted by atomic mass is 16.1. The fraction of sp³-hybridized carbons (Fsp3) is 0.462. The van der Waals surface area contributed by atoms with Crippen LogP contribution in [0.25, 0.3) is 0 Å². The zero-order valence-electron chi connectivity index (χ0n) is 18.6. The quantitative estimate of drug-likeness (QED) is 0.754. The maximum absolute atomic E-state index is 12.5. The summed E-state index contributed by atoms with van der Waals surface area (Å²) in [7, 11) is 0. The molecule has 0 bridgehead atoms. The van der Waals surface area contributed by atoms with Gasteiger partial charge in [-0.2, -0.15) is 0 Å². The molecule has 2 aromatic carbocycles. The Morgan fingerprint density at radius 1 is 1.06 bits per heavy atom. The number of carbonyl (C=O) groups is 2. The molecule has 0 saturated carbocycles. The molecule has 1 aliphatic carbocycles. The Bertz CT molecular complexity index is 977. The third kappa shape index (κ3) is 3.99. The molecule has 2 aliphatic rings. The normalized spacial score (nSPS) is 25.2. The first-order chi connectivity index (χ1) is 14.7. The van der Waals surface area contributed by atoms with E-state index in [1.54, 1.807) is 6.07 Å². The van der Waals surface area contributed by atoms with E-state index < -0.39 is 5.41 Å². The number of primary amides is 2. The Morgan fingerprint density at radius 3 is 2.32 bits per heavy atom. The predicted octanol–water partition coefficient (Wildman–Crippen LogP) is 3.05. The molecule has 4 rings (SSSR count). The van der Waals surface area contributed by atoms with Crippen molar-refractivity contribution in [2.75, 3.05) is 19.6 Å². The summed E-state index contributed by atoms with van der Waals surface area (Å²) in [6.45, 7) is 7.35. The summed E-state index contributed by atoms with van der Waals surface area (Å²) in [4.78, 5) is 26.6. The van der Waals surface area contributed by atoms with E-state index in [1.165, 1.54) is 16.7 Å². The number of piperidine rings is 1. The first kappa shape index (κ1) is 21.6. The Labute approximate surface area is 184 Å². The van der Waals surface area contributed by atoms with Gasteiger partial charge in [0.25, 0.3) is 0 Å². The number of nitrogens with zero attached hydrogens (tertiary/aromatic N) is 1. The first-order valence-corrected chi connectivity index (χ1v) is 11.2. The van der Waals surface area contributed by atoms with Gasteiger partial charge in [-0.25, -0.2) is 0 Å². The van der Waals surface area contributed by atoms with Crippen LogP contribution in [0.3, 0.4) is 0 Å². The van der Waals surface area contributed by atoms with Crippen LogP contribution < -0.4 is 11.5 Å². The van der Waals surface area contributed by atoms with Gasteiger partial charge in [0.05, 0.1) is 5.41 Å². The predicted molar refractivity (Wildman–Crippen MR) is 123 cm³/mol. The fourth-order valence-corrected chi connectivity index (χ4v) is 5.52. The number of benzene rings is 2. The van der Waals surface area contributed by atoms with E-state index in [4.69, 9.17) is 11.5 Å². The van der Waals surface area contributed by atoms with Crippen molar-refractivity contribution in [2.24, 2.45) is 22.8 Å². The first-order valence-electron chi connectivity index (χ1n) is 11.2. The van der Waals surface area contributed by atoms with Gasteiger partial charge < -0.3 is 16.4 Å². The van der Waals surface area contributed by atoms with Gasteiger partial charge in [0.1, 0.15) is 0 Å². The van der Waals surface area contributed by atoms with E-state index in [2.05, 4.69) is 36.9 Å². The van der Waals surface area contributed by atoms with Crippen LogP contribution in [-0.4, -0.2) is 36.3 Å². The summed E-state index contributed by atoms with van der Waals surface area (Å²) in [6.07, 6.45) is 3.29. The van der Waals surface area contributed by atoms with Gasteiger partial charge in [-0.15, -0.1) is 0 Å². The number of rotatable bonds is 6. The highest BCUT2D eigenvalue weighted by Crippen LogP contribution is 2.42. The van der Waals surface area contributed by atoms with E-state index in [-0.39, 0.29) is 17.2 Å². The molecule has 0 spiro atoms. The van der Waals surface area contributed by atoms with Crippen LogP contribution in [0.5, 0.6) is 0 Å². The van der Waals surface area contributed by atoms with Crippen molar-refractivity contribution in [2.45, 2.75) is 44.9 Å². The van der Waals surface area contributed by atoms with Gasteiger partial charge in [0.2, 0.25) is 11.8 Å². The lowest BCUT2D eigenvalue weighted by molar-refractivity contribution is -0.128. The average molecular weight is 420 g/mol. The fourth-order valence-electron chi connectivity index (χ4n) is 5.52. The van der Waals surface area contributed by atoms with Crippen LogP contribution >= 0.6 is 0 Å². The van der Waals surface area contributed by atoms with Crippen LogP contribution in [0, 0.1) is 11.3 Å². The van der Waals surface area contributed by atoms with Gasteiger partial charge in [0, 0.05) is 12.1 Å². The number of likely N-dealkylation sites (tertiary alicyclic amines) is 1. The lowest BCUT2D eigenvalue weighted by Crippen LogP contribution is -2.49. The maximum atomic E-state index is 12.5. The Hall–Kier alpha value is -2.66. The Kier molecular flexibility index (Phi) is 5.65. The Morgan fingerprint density at radius 2 is 1.74 bits per heavy atom. The van der Waals surface area contributed by atoms with E-state index in [9.17, 15) is 9.59 Å². The minimum absolute atomic E-state index is 0.00702. The van der Waals surface area contributed by atoms with Crippen LogP contribution in [0.4, 0.5) is 0 Å². The van der Waals surface area contributed by atoms with Crippen molar-refractivity contribution in [3.05, 3.63) is 70.8 Å². The van der Waals surface area contributed by atoms with E-state index in [1.807, 2.05) is 24.3 Å². The summed E-state index contributed by atoms with van der Waals surface area (Å²) >= 11 is 0. The monoisotopic (exact) mass is 419 g/mol. The van der Waals surface area contributed by atoms with E-state index >= 15 is 0 Å². The molecule has 1 heterocycles. The number of fused-ring (bicyclic) bond motifs is 1. The topological polar surface area (TPSA) is 89.4 Å². The van der Waals surface area contributed by atoms with Crippen LogP contribution in [-0.2, 0) is 23.1 Å². The van der Waals surface area contributed by atoms with Crippen molar-refractivity contribution in [1.82, 2.24) is 4.90 Å². The molecule has 5 heteroatoms. The van der Waals surface area contributed by atoms with Gasteiger partial charge in [-0.3, -0.25) is 9.59 Å². The summed E-state index contributed by atoms with van der Waals surface area (Å²) in [5.74, 6) is -0.151. The van der Waals surface area contributed by atoms with Gasteiger partial charge in [0.15, 0.2) is 0 Å². The van der Waals surface area contributed by atoms with Gasteiger partial charge in [-0.05, 0) is 78.9 Å². The largest absolute Gasteiger partial charge is 0.369 e. The van der Waals surface area contributed by atoms with E-state index in [0.29, 0.717) is 11.5 Å². The smallest absolute Gasteiger partial charge is 0.248 e. The minimum atomic E-state index is -0.469. The average Bonchev–Trinajstić information content (AvgIpc) is 3.15. The molecule has 0 aromatic heterocycles. The van der Waals surface area contributed by atoms with Crippen LogP contribution in [0.15, 0.2) is 48.5 Å². The summed E-state index contributed by atoms with van der Waals surface area (Å²) in [6, 6.07) is 16.1. The molecule has 2 atom stereocenters. The molecule has 1 aliphatic heterocycles. The zero-order chi connectivity index (χ0) is 22.2. The lowest BCUT2D eigenvalue weighted by Gasteiger charge is -2.45. The number of hydrogen-bond donors (Lipinski definition) is 2. The Balaban J connectivity index is 1.43. The molecule has 31 heavy (non-hydrogen) atoms. The highest BCUT2D eigenvalue weighted by Gasteiger charge is 2.43. The van der Waals surface area contributed by atoms with Crippen molar-refractivity contribution in [1.29, 1.82) is 0 Å². The van der Waals surface area contributed by atoms with Gasteiger partial charge in [-0.1, -0.05) is 50.2 Å². The SMILES string of the molecule is CC1CN(CCC2(C(N)=O)Cc3ccccc3C2)CCC1(C)c1cccc(C(N)=O)c1. The highest BCUT2D eigenvalue weighted by molar-refractivity contribution is 5.93. The molecule has 1 saturated heterocycles. The molecular formula is C26H33N3O2. The second-order valence-corrected chi connectivity index (χ2v) is 9.83. The third-order valence-electron chi connectivity index (χ3n) is 7.98. The van der Waals surface area contributed by atoms with Crippen molar-refractivity contribution >= 4 is 11.8 Å².